The van der Waals surface area contributed by atoms with E-state index >= 15 is 0 Å². The first-order chi connectivity index (χ1) is 8.98. The van der Waals surface area contributed by atoms with E-state index in [2.05, 4.69) is 4.98 Å². The molecule has 0 radical (unpaired) electrons. The lowest BCUT2D eigenvalue weighted by Gasteiger charge is -2.39. The number of aryl methyl sites for hydroxylation is 1. The van der Waals surface area contributed by atoms with Gasteiger partial charge in [-0.25, -0.2) is 4.79 Å². The molecule has 1 aliphatic carbocycles. The number of carbonyl (C=O) groups is 1. The summed E-state index contributed by atoms with van der Waals surface area (Å²) in [5, 5.41) is 0.472. The van der Waals surface area contributed by atoms with Crippen LogP contribution in [0.3, 0.4) is 0 Å². The number of nitrogens with one attached hydrogen (secondary N) is 1. The number of aromatic nitrogens is 2. The second-order valence-electron chi connectivity index (χ2n) is 5.33. The molecule has 1 N–H and O–H groups in total. The molecule has 6 heteroatoms. The summed E-state index contributed by atoms with van der Waals surface area (Å²) in [5.41, 5.74) is -0.372. The Kier molecular flexibility index (Phi) is 2.53. The summed E-state index contributed by atoms with van der Waals surface area (Å²) in [6, 6.07) is 0. The number of thiophene rings is 1. The van der Waals surface area contributed by atoms with E-state index in [-0.39, 0.29) is 16.8 Å². The maximum Gasteiger partial charge on any atom is 0.329 e. The predicted octanol–water partition coefficient (Wildman–Crippen LogP) is 1.77. The Bertz CT molecular complexity index is 793. The van der Waals surface area contributed by atoms with Crippen LogP contribution >= 0.6 is 11.3 Å². The molecule has 0 amide bonds. The van der Waals surface area contributed by atoms with Gasteiger partial charge in [-0.3, -0.25) is 19.1 Å². The monoisotopic (exact) mass is 278 g/mol. The SMILES string of the molecule is Cc1c(C=O)sc2[nH]c(=O)n(C3(C)CCC3)c(=O)c12. The van der Waals surface area contributed by atoms with Crippen molar-refractivity contribution in [1.82, 2.24) is 9.55 Å². The number of carbonyl (C=O) groups excluding carboxylic acids is 1. The fraction of sp³-hybridized carbons (Fsp3) is 0.462. The number of hydrogen-bond acceptors (Lipinski definition) is 4. The largest absolute Gasteiger partial charge is 0.329 e. The molecule has 100 valence electrons. The lowest BCUT2D eigenvalue weighted by Crippen LogP contribution is -2.51. The Morgan fingerprint density at radius 3 is 2.58 bits per heavy atom. The molecule has 1 aliphatic rings. The maximum atomic E-state index is 12.6. The first-order valence-corrected chi connectivity index (χ1v) is 7.04. The lowest BCUT2D eigenvalue weighted by atomic mass is 9.78. The average molecular weight is 278 g/mol. The van der Waals surface area contributed by atoms with Gasteiger partial charge in [0, 0.05) is 5.54 Å². The van der Waals surface area contributed by atoms with E-state index in [0.717, 1.165) is 36.9 Å². The van der Waals surface area contributed by atoms with Gasteiger partial charge < -0.3 is 0 Å². The molecule has 2 aromatic rings. The Morgan fingerprint density at radius 1 is 1.37 bits per heavy atom. The van der Waals surface area contributed by atoms with Crippen molar-refractivity contribution in [2.75, 3.05) is 0 Å². The van der Waals surface area contributed by atoms with Gasteiger partial charge in [-0.2, -0.15) is 0 Å². The van der Waals surface area contributed by atoms with Crippen molar-refractivity contribution < 1.29 is 4.79 Å². The minimum Gasteiger partial charge on any atom is -0.298 e. The van der Waals surface area contributed by atoms with Crippen LogP contribution in [0.25, 0.3) is 10.2 Å². The number of aromatic amines is 1. The second kappa shape index (κ2) is 3.90. The van der Waals surface area contributed by atoms with E-state index in [9.17, 15) is 14.4 Å². The molecule has 0 atom stereocenters. The standard InChI is InChI=1S/C13H14N2O3S/c1-7-8(6-16)19-10-9(7)11(17)15(12(18)14-10)13(2)4-3-5-13/h6H,3-5H2,1-2H3,(H,14,18). The van der Waals surface area contributed by atoms with E-state index < -0.39 is 0 Å². The Labute approximate surface area is 112 Å². The zero-order valence-corrected chi connectivity index (χ0v) is 11.6. The van der Waals surface area contributed by atoms with Crippen molar-refractivity contribution in [3.63, 3.8) is 0 Å². The molecule has 5 nitrogen and oxygen atoms in total. The average Bonchev–Trinajstić information content (AvgIpc) is 2.63. The van der Waals surface area contributed by atoms with Crippen LogP contribution < -0.4 is 11.2 Å². The number of nitrogens with zero attached hydrogens (tertiary/aromatic N) is 1. The highest BCUT2D eigenvalue weighted by Crippen LogP contribution is 2.37. The number of fused-ring (bicyclic) bond motifs is 1. The predicted molar refractivity (Wildman–Crippen MR) is 74.3 cm³/mol. The van der Waals surface area contributed by atoms with Crippen LogP contribution in [-0.2, 0) is 5.54 Å². The Morgan fingerprint density at radius 2 is 2.05 bits per heavy atom. The second-order valence-corrected chi connectivity index (χ2v) is 6.39. The zero-order chi connectivity index (χ0) is 13.8. The molecule has 19 heavy (non-hydrogen) atoms. The van der Waals surface area contributed by atoms with Gasteiger partial charge in [0.05, 0.1) is 10.3 Å². The van der Waals surface area contributed by atoms with Gasteiger partial charge in [0.2, 0.25) is 0 Å². The fourth-order valence-electron chi connectivity index (χ4n) is 2.75. The third-order valence-corrected chi connectivity index (χ3v) is 5.23. The highest BCUT2D eigenvalue weighted by atomic mass is 32.1. The molecule has 0 spiro atoms. The van der Waals surface area contributed by atoms with E-state index in [1.165, 1.54) is 4.57 Å². The number of aldehydes is 1. The summed E-state index contributed by atoms with van der Waals surface area (Å²) < 4.78 is 1.33. The fourth-order valence-corrected chi connectivity index (χ4v) is 3.75. The third kappa shape index (κ3) is 1.56. The first kappa shape index (κ1) is 12.3. The van der Waals surface area contributed by atoms with E-state index in [1.54, 1.807) is 6.92 Å². The van der Waals surface area contributed by atoms with Crippen LogP contribution in [0, 0.1) is 6.92 Å². The minimum absolute atomic E-state index is 0.275. The first-order valence-electron chi connectivity index (χ1n) is 6.22. The molecule has 2 heterocycles. The van der Waals surface area contributed by atoms with Crippen molar-refractivity contribution in [3.05, 3.63) is 31.3 Å². The van der Waals surface area contributed by atoms with Crippen molar-refractivity contribution in [2.24, 2.45) is 0 Å². The van der Waals surface area contributed by atoms with Gasteiger partial charge in [0.1, 0.15) is 4.83 Å². The quantitative estimate of drug-likeness (QED) is 0.851. The van der Waals surface area contributed by atoms with Crippen molar-refractivity contribution in [1.29, 1.82) is 0 Å². The van der Waals surface area contributed by atoms with E-state index in [4.69, 9.17) is 0 Å². The van der Waals surface area contributed by atoms with Crippen LogP contribution in [0.5, 0.6) is 0 Å². The van der Waals surface area contributed by atoms with Crippen LogP contribution in [0.2, 0.25) is 0 Å². The van der Waals surface area contributed by atoms with Gasteiger partial charge in [-0.1, -0.05) is 0 Å². The van der Waals surface area contributed by atoms with Gasteiger partial charge >= 0.3 is 5.69 Å². The van der Waals surface area contributed by atoms with Crippen LogP contribution in [0.4, 0.5) is 0 Å². The Hall–Kier alpha value is -1.69. The third-order valence-electron chi connectivity index (χ3n) is 4.10. The molecular weight excluding hydrogens is 264 g/mol. The maximum absolute atomic E-state index is 12.6. The Balaban J connectivity index is 2.42. The summed E-state index contributed by atoms with van der Waals surface area (Å²) in [6.07, 6.45) is 3.44. The minimum atomic E-state index is -0.380. The van der Waals surface area contributed by atoms with Gasteiger partial charge in [0.25, 0.3) is 5.56 Å². The molecule has 1 fully saturated rings. The summed E-state index contributed by atoms with van der Waals surface area (Å²) in [7, 11) is 0. The molecule has 1 saturated carbocycles. The van der Waals surface area contributed by atoms with Gasteiger partial charge in [-0.15, -0.1) is 11.3 Å². The molecule has 3 rings (SSSR count). The molecule has 0 aromatic carbocycles. The topological polar surface area (TPSA) is 71.9 Å². The zero-order valence-electron chi connectivity index (χ0n) is 10.8. The van der Waals surface area contributed by atoms with Gasteiger partial charge in [0.15, 0.2) is 6.29 Å². The number of rotatable bonds is 2. The highest BCUT2D eigenvalue weighted by Gasteiger charge is 2.37. The summed E-state index contributed by atoms with van der Waals surface area (Å²) in [4.78, 5) is 39.4. The highest BCUT2D eigenvalue weighted by molar-refractivity contribution is 7.20. The van der Waals surface area contributed by atoms with Crippen molar-refractivity contribution in [3.8, 4) is 0 Å². The molecule has 0 unspecified atom stereocenters. The van der Waals surface area contributed by atoms with Crippen LogP contribution in [0.1, 0.15) is 41.4 Å². The molecule has 0 saturated heterocycles. The molecule has 2 aromatic heterocycles. The molecular formula is C13H14N2O3S. The lowest BCUT2D eigenvalue weighted by molar-refractivity contribution is 0.112. The van der Waals surface area contributed by atoms with Gasteiger partial charge in [-0.05, 0) is 38.7 Å². The summed E-state index contributed by atoms with van der Waals surface area (Å²) >= 11 is 1.16. The summed E-state index contributed by atoms with van der Waals surface area (Å²) in [6.45, 7) is 3.68. The van der Waals surface area contributed by atoms with Crippen LogP contribution in [-0.4, -0.2) is 15.8 Å². The number of H-pyrrole nitrogens is 1. The van der Waals surface area contributed by atoms with E-state index in [0.29, 0.717) is 20.7 Å². The van der Waals surface area contributed by atoms with Crippen molar-refractivity contribution >= 4 is 27.8 Å². The number of hydrogen-bond donors (Lipinski definition) is 1. The van der Waals surface area contributed by atoms with Crippen molar-refractivity contribution in [2.45, 2.75) is 38.6 Å². The smallest absolute Gasteiger partial charge is 0.298 e. The summed E-state index contributed by atoms with van der Waals surface area (Å²) in [5.74, 6) is 0. The normalized spacial score (nSPS) is 17.4. The molecule has 0 bridgehead atoms. The molecule has 0 aliphatic heterocycles. The van der Waals surface area contributed by atoms with Crippen LogP contribution in [0.15, 0.2) is 9.59 Å². The van der Waals surface area contributed by atoms with E-state index in [1.807, 2.05) is 6.92 Å².